The zero-order chi connectivity index (χ0) is 17.0. The number of anilines is 1. The lowest BCUT2D eigenvalue weighted by molar-refractivity contribution is -0.117. The number of ether oxygens (including phenoxy) is 1. The molecule has 0 saturated carbocycles. The molecule has 6 nitrogen and oxygen atoms in total. The van der Waals surface area contributed by atoms with Crippen molar-refractivity contribution in [3.05, 3.63) is 34.9 Å². The predicted octanol–water partition coefficient (Wildman–Crippen LogP) is 2.03. The van der Waals surface area contributed by atoms with Gasteiger partial charge in [-0.2, -0.15) is 5.26 Å². The molecule has 1 fully saturated rings. The van der Waals surface area contributed by atoms with Crippen molar-refractivity contribution in [3.8, 4) is 11.8 Å². The van der Waals surface area contributed by atoms with E-state index in [4.69, 9.17) is 4.74 Å². The number of rotatable bonds is 4. The molecule has 2 rings (SSSR count). The van der Waals surface area contributed by atoms with Crippen LogP contribution in [0.3, 0.4) is 0 Å². The Hall–Kier alpha value is -2.46. The molecule has 1 aliphatic heterocycles. The van der Waals surface area contributed by atoms with Gasteiger partial charge in [-0.25, -0.2) is 0 Å². The highest BCUT2D eigenvalue weighted by Gasteiger charge is 2.39. The maximum Gasteiger partial charge on any atom is 0.264 e. The van der Waals surface area contributed by atoms with Crippen LogP contribution in [0.25, 0.3) is 0 Å². The Balaban J connectivity index is 2.54. The Morgan fingerprint density at radius 1 is 1.43 bits per heavy atom. The number of nitrogens with one attached hydrogen (secondary N) is 1. The average Bonchev–Trinajstić information content (AvgIpc) is 2.91. The van der Waals surface area contributed by atoms with Crippen LogP contribution in [-0.4, -0.2) is 31.2 Å². The number of nitriles is 1. The summed E-state index contributed by atoms with van der Waals surface area (Å²) in [6.07, 6.45) is 0.617. The molecule has 1 N–H and O–H groups in total. The quantitative estimate of drug-likeness (QED) is 0.674. The molecule has 1 unspecified atom stereocenters. The lowest BCUT2D eigenvalue weighted by atomic mass is 10.2. The summed E-state index contributed by atoms with van der Waals surface area (Å²) in [7, 11) is 3.01. The minimum absolute atomic E-state index is 0.0578. The first kappa shape index (κ1) is 16.9. The van der Waals surface area contributed by atoms with Gasteiger partial charge < -0.3 is 10.1 Å². The molecule has 7 heteroatoms. The van der Waals surface area contributed by atoms with Crippen molar-refractivity contribution in [2.24, 2.45) is 0 Å². The minimum atomic E-state index is -0.502. The van der Waals surface area contributed by atoms with Crippen molar-refractivity contribution in [2.75, 3.05) is 19.1 Å². The third-order valence-electron chi connectivity index (χ3n) is 3.43. The van der Waals surface area contributed by atoms with Crippen molar-refractivity contribution >= 4 is 29.3 Å². The van der Waals surface area contributed by atoms with Gasteiger partial charge in [-0.15, -0.1) is 0 Å². The zero-order valence-electron chi connectivity index (χ0n) is 13.1. The van der Waals surface area contributed by atoms with Gasteiger partial charge in [0.25, 0.3) is 5.91 Å². The Labute approximate surface area is 139 Å². The summed E-state index contributed by atoms with van der Waals surface area (Å²) >= 11 is 1.25. The molecule has 0 bridgehead atoms. The van der Waals surface area contributed by atoms with Gasteiger partial charge in [-0.05, 0) is 30.7 Å². The first-order valence-electron chi connectivity index (χ1n) is 7.08. The monoisotopic (exact) mass is 331 g/mol. The Bertz CT molecular complexity index is 692. The Morgan fingerprint density at radius 3 is 2.57 bits per heavy atom. The van der Waals surface area contributed by atoms with E-state index in [1.165, 1.54) is 23.7 Å². The molecular weight excluding hydrogens is 314 g/mol. The third-order valence-corrected chi connectivity index (χ3v) is 4.86. The van der Waals surface area contributed by atoms with Gasteiger partial charge in [0.2, 0.25) is 5.91 Å². The van der Waals surface area contributed by atoms with Crippen LogP contribution in [0.4, 0.5) is 5.69 Å². The van der Waals surface area contributed by atoms with Gasteiger partial charge in [0.1, 0.15) is 22.4 Å². The van der Waals surface area contributed by atoms with E-state index in [2.05, 4.69) is 5.32 Å². The summed E-state index contributed by atoms with van der Waals surface area (Å²) < 4.78 is 5.11. The van der Waals surface area contributed by atoms with E-state index < -0.39 is 5.91 Å². The minimum Gasteiger partial charge on any atom is -0.497 e. The number of carbonyl (C=O) groups is 2. The highest BCUT2D eigenvalue weighted by molar-refractivity contribution is 8.05. The van der Waals surface area contributed by atoms with Crippen molar-refractivity contribution in [2.45, 2.75) is 18.6 Å². The molecule has 120 valence electrons. The van der Waals surface area contributed by atoms with Crippen molar-refractivity contribution in [1.29, 1.82) is 5.26 Å². The third kappa shape index (κ3) is 3.17. The molecule has 0 aliphatic carbocycles. The summed E-state index contributed by atoms with van der Waals surface area (Å²) in [4.78, 5) is 26.0. The second-order valence-electron chi connectivity index (χ2n) is 4.76. The van der Waals surface area contributed by atoms with Crippen LogP contribution in [0.15, 0.2) is 34.9 Å². The second kappa shape index (κ2) is 7.20. The fourth-order valence-electron chi connectivity index (χ4n) is 2.21. The number of methoxy groups -OCH3 is 1. The summed E-state index contributed by atoms with van der Waals surface area (Å²) in [5.74, 6) is 0.0322. The Kier molecular flexibility index (Phi) is 5.29. The molecule has 1 atom stereocenters. The van der Waals surface area contributed by atoms with Gasteiger partial charge in [-0.1, -0.05) is 18.7 Å². The van der Waals surface area contributed by atoms with E-state index in [0.29, 0.717) is 22.9 Å². The normalized spacial score (nSPS) is 19.3. The van der Waals surface area contributed by atoms with Gasteiger partial charge >= 0.3 is 0 Å². The molecule has 1 heterocycles. The first-order valence-corrected chi connectivity index (χ1v) is 7.96. The highest BCUT2D eigenvalue weighted by atomic mass is 32.2. The van der Waals surface area contributed by atoms with E-state index in [0.717, 1.165) is 0 Å². The van der Waals surface area contributed by atoms with E-state index >= 15 is 0 Å². The first-order chi connectivity index (χ1) is 11.1. The van der Waals surface area contributed by atoms with Gasteiger partial charge in [0.05, 0.1) is 12.4 Å². The Morgan fingerprint density at radius 2 is 2.09 bits per heavy atom. The number of nitrogens with zero attached hydrogens (tertiary/aromatic N) is 2. The molecule has 23 heavy (non-hydrogen) atoms. The van der Waals surface area contributed by atoms with Gasteiger partial charge in [0.15, 0.2) is 0 Å². The number of benzene rings is 1. The highest BCUT2D eigenvalue weighted by Crippen LogP contribution is 2.42. The molecule has 1 aromatic rings. The van der Waals surface area contributed by atoms with Crippen LogP contribution < -0.4 is 15.0 Å². The predicted molar refractivity (Wildman–Crippen MR) is 88.9 cm³/mol. The molecule has 1 saturated heterocycles. The topological polar surface area (TPSA) is 82.4 Å². The lowest BCUT2D eigenvalue weighted by Gasteiger charge is -2.18. The smallest absolute Gasteiger partial charge is 0.264 e. The summed E-state index contributed by atoms with van der Waals surface area (Å²) in [5, 5.41) is 11.8. The van der Waals surface area contributed by atoms with Crippen LogP contribution in [0.2, 0.25) is 0 Å². The zero-order valence-corrected chi connectivity index (χ0v) is 13.9. The maximum atomic E-state index is 12.6. The maximum absolute atomic E-state index is 12.6. The number of thioether (sulfide) groups is 1. The molecule has 1 aromatic carbocycles. The second-order valence-corrected chi connectivity index (χ2v) is 5.95. The lowest BCUT2D eigenvalue weighted by Crippen LogP contribution is -2.30. The molecule has 0 spiro atoms. The summed E-state index contributed by atoms with van der Waals surface area (Å²) in [6, 6.07) is 8.84. The summed E-state index contributed by atoms with van der Waals surface area (Å²) in [5.41, 5.74) is 0.545. The molecular formula is C16H17N3O3S. The fourth-order valence-corrected chi connectivity index (χ4v) is 3.41. The van der Waals surface area contributed by atoms with Crippen LogP contribution in [0.1, 0.15) is 13.3 Å². The number of likely N-dealkylation sites (N-methyl/N-ethyl adjacent to an activating group) is 1. The fraction of sp³-hybridized carbons (Fsp3) is 0.312. The molecule has 1 aliphatic rings. The SMILES string of the molecule is CCC1S/C(=C(/C#N)C(=O)NC)N(c2ccc(OC)cc2)C1=O. The van der Waals surface area contributed by atoms with E-state index in [-0.39, 0.29) is 16.7 Å². The van der Waals surface area contributed by atoms with Crippen LogP contribution in [0.5, 0.6) is 5.75 Å². The molecule has 2 amide bonds. The average molecular weight is 331 g/mol. The standard InChI is InChI=1S/C16H17N3O3S/c1-4-13-15(21)19(10-5-7-11(22-3)8-6-10)16(23-13)12(9-17)14(20)18-2/h5-8,13H,4H2,1-3H3,(H,18,20)/b16-12-. The molecule has 0 aromatic heterocycles. The van der Waals surface area contributed by atoms with Crippen LogP contribution in [-0.2, 0) is 9.59 Å². The molecule has 0 radical (unpaired) electrons. The van der Waals surface area contributed by atoms with E-state index in [1.54, 1.807) is 31.4 Å². The van der Waals surface area contributed by atoms with Crippen molar-refractivity contribution in [1.82, 2.24) is 5.32 Å². The summed E-state index contributed by atoms with van der Waals surface area (Å²) in [6.45, 7) is 1.90. The van der Waals surface area contributed by atoms with E-state index in [1.807, 2.05) is 13.0 Å². The largest absolute Gasteiger partial charge is 0.497 e. The van der Waals surface area contributed by atoms with Crippen LogP contribution in [0, 0.1) is 11.3 Å². The van der Waals surface area contributed by atoms with Gasteiger partial charge in [0, 0.05) is 12.7 Å². The van der Waals surface area contributed by atoms with E-state index in [9.17, 15) is 14.9 Å². The van der Waals surface area contributed by atoms with Crippen LogP contribution >= 0.6 is 11.8 Å². The number of amides is 2. The number of hydrogen-bond acceptors (Lipinski definition) is 5. The van der Waals surface area contributed by atoms with Gasteiger partial charge in [-0.3, -0.25) is 14.5 Å². The van der Waals surface area contributed by atoms with Crippen molar-refractivity contribution in [3.63, 3.8) is 0 Å². The van der Waals surface area contributed by atoms with Crippen molar-refractivity contribution < 1.29 is 14.3 Å². The number of carbonyl (C=O) groups excluding carboxylic acids is 2. The number of hydrogen-bond donors (Lipinski definition) is 1.